The second-order valence-corrected chi connectivity index (χ2v) is 7.60. The van der Waals surface area contributed by atoms with Crippen molar-refractivity contribution in [2.45, 2.75) is 6.54 Å². The second kappa shape index (κ2) is 14.5. The number of benzene rings is 2. The van der Waals surface area contributed by atoms with Crippen molar-refractivity contribution in [2.24, 2.45) is 0 Å². The summed E-state index contributed by atoms with van der Waals surface area (Å²) in [6, 6.07) is 16.7. The fourth-order valence-electron chi connectivity index (χ4n) is 3.34. The van der Waals surface area contributed by atoms with Crippen LogP contribution < -0.4 is 0 Å². The van der Waals surface area contributed by atoms with Crippen molar-refractivity contribution < 1.29 is 14.6 Å². The lowest BCUT2D eigenvalue weighted by molar-refractivity contribution is -0.141. The second-order valence-electron chi connectivity index (χ2n) is 7.16. The van der Waals surface area contributed by atoms with E-state index in [1.54, 1.807) is 0 Å². The number of nitrogens with zero attached hydrogens (tertiary/aromatic N) is 2. The van der Waals surface area contributed by atoms with Crippen molar-refractivity contribution in [3.63, 3.8) is 0 Å². The van der Waals surface area contributed by atoms with Gasteiger partial charge in [0.2, 0.25) is 0 Å². The maximum atomic E-state index is 10.4. The Morgan fingerprint density at radius 3 is 2.03 bits per heavy atom. The molecular weight excluding hydrogens is 459 g/mol. The minimum absolute atomic E-state index is 0. The van der Waals surface area contributed by atoms with E-state index in [1.807, 2.05) is 36.4 Å². The Hall–Kier alpha value is -1.60. The van der Waals surface area contributed by atoms with Gasteiger partial charge in [0.05, 0.1) is 6.61 Å². The summed E-state index contributed by atoms with van der Waals surface area (Å²) in [5.41, 5.74) is 3.71. The molecule has 5 nitrogen and oxygen atoms in total. The number of rotatable bonds is 9. The fraction of sp³-hybridized carbons (Fsp3) is 0.348. The van der Waals surface area contributed by atoms with Gasteiger partial charge in [0.1, 0.15) is 6.61 Å². The van der Waals surface area contributed by atoms with Crippen LogP contribution in [0.25, 0.3) is 11.1 Å². The molecule has 2 aromatic rings. The molecule has 2 aromatic carbocycles. The molecule has 1 heterocycles. The van der Waals surface area contributed by atoms with Crippen LogP contribution in [0.15, 0.2) is 60.7 Å². The SMILES string of the molecule is Cl.Cl.O=C(O)COC/C=C/CN1CCN(Cc2ccc(-c3ccc(Cl)cc3)cc2)CC1. The monoisotopic (exact) mass is 486 g/mol. The van der Waals surface area contributed by atoms with Gasteiger partial charge in [0.25, 0.3) is 0 Å². The highest BCUT2D eigenvalue weighted by Gasteiger charge is 2.15. The van der Waals surface area contributed by atoms with Gasteiger partial charge in [-0.05, 0) is 28.8 Å². The average molecular weight is 488 g/mol. The minimum atomic E-state index is -0.936. The average Bonchev–Trinajstić information content (AvgIpc) is 2.73. The van der Waals surface area contributed by atoms with Crippen molar-refractivity contribution >= 4 is 42.4 Å². The summed E-state index contributed by atoms with van der Waals surface area (Å²) in [7, 11) is 0. The zero-order valence-corrected chi connectivity index (χ0v) is 19.7. The summed E-state index contributed by atoms with van der Waals surface area (Å²) >= 11 is 5.96. The summed E-state index contributed by atoms with van der Waals surface area (Å²) in [6.07, 6.45) is 3.94. The summed E-state index contributed by atoms with van der Waals surface area (Å²) in [5.74, 6) is -0.936. The first kappa shape index (κ1) is 27.4. The van der Waals surface area contributed by atoms with Crippen LogP contribution in [-0.4, -0.2) is 66.8 Å². The molecule has 1 fully saturated rings. The predicted octanol–water partition coefficient (Wildman–Crippen LogP) is 4.63. The van der Waals surface area contributed by atoms with Crippen LogP contribution in [0.5, 0.6) is 0 Å². The number of carbonyl (C=O) groups is 1. The summed E-state index contributed by atoms with van der Waals surface area (Å²) < 4.78 is 4.99. The van der Waals surface area contributed by atoms with Gasteiger partial charge in [0.15, 0.2) is 0 Å². The Kier molecular flexibility index (Phi) is 12.8. The van der Waals surface area contributed by atoms with E-state index in [-0.39, 0.29) is 31.4 Å². The molecule has 0 bridgehead atoms. The van der Waals surface area contributed by atoms with Crippen molar-refractivity contribution in [2.75, 3.05) is 45.9 Å². The Balaban J connectivity index is 0.00000240. The van der Waals surface area contributed by atoms with Gasteiger partial charge in [-0.15, -0.1) is 24.8 Å². The third kappa shape index (κ3) is 9.60. The van der Waals surface area contributed by atoms with E-state index in [4.69, 9.17) is 21.4 Å². The van der Waals surface area contributed by atoms with Crippen LogP contribution in [-0.2, 0) is 16.1 Å². The van der Waals surface area contributed by atoms with Crippen LogP contribution >= 0.6 is 36.4 Å². The summed E-state index contributed by atoms with van der Waals surface area (Å²) in [4.78, 5) is 15.2. The third-order valence-electron chi connectivity index (χ3n) is 4.97. The van der Waals surface area contributed by atoms with E-state index in [0.29, 0.717) is 6.61 Å². The number of hydrogen-bond donors (Lipinski definition) is 1. The molecule has 1 aliphatic heterocycles. The number of ether oxygens (including phenoxy) is 1. The first-order chi connectivity index (χ1) is 14.1. The number of piperazine rings is 1. The molecule has 31 heavy (non-hydrogen) atoms. The Morgan fingerprint density at radius 2 is 1.45 bits per heavy atom. The lowest BCUT2D eigenvalue weighted by atomic mass is 10.0. The molecule has 0 unspecified atom stereocenters. The quantitative estimate of drug-likeness (QED) is 0.413. The number of hydrogen-bond acceptors (Lipinski definition) is 4. The fourth-order valence-corrected chi connectivity index (χ4v) is 3.47. The highest BCUT2D eigenvalue weighted by molar-refractivity contribution is 6.30. The van der Waals surface area contributed by atoms with Gasteiger partial charge in [-0.25, -0.2) is 4.79 Å². The highest BCUT2D eigenvalue weighted by atomic mass is 35.5. The van der Waals surface area contributed by atoms with E-state index >= 15 is 0 Å². The number of aliphatic carboxylic acids is 1. The van der Waals surface area contributed by atoms with Crippen molar-refractivity contribution in [3.8, 4) is 11.1 Å². The largest absolute Gasteiger partial charge is 0.480 e. The molecule has 0 spiro atoms. The molecule has 8 heteroatoms. The predicted molar refractivity (Wildman–Crippen MR) is 131 cm³/mol. The topological polar surface area (TPSA) is 53.0 Å². The molecule has 1 N–H and O–H groups in total. The number of carboxylic acids is 1. The maximum absolute atomic E-state index is 10.4. The molecule has 1 saturated heterocycles. The molecule has 0 radical (unpaired) electrons. The van der Waals surface area contributed by atoms with E-state index in [9.17, 15) is 4.79 Å². The molecular formula is C23H29Cl3N2O3. The zero-order valence-electron chi connectivity index (χ0n) is 17.3. The standard InChI is InChI=1S/C23H27ClN2O3.2ClH/c24-22-9-7-21(8-10-22)20-5-3-19(4-6-20)17-26-14-12-25(13-15-26)11-1-2-16-29-18-23(27)28;;/h1-10H,11-18H2,(H,27,28);2*1H/b2-1+;;. The lowest BCUT2D eigenvalue weighted by Gasteiger charge is -2.34. The van der Waals surface area contributed by atoms with E-state index in [0.717, 1.165) is 44.3 Å². The smallest absolute Gasteiger partial charge is 0.329 e. The maximum Gasteiger partial charge on any atom is 0.329 e. The van der Waals surface area contributed by atoms with E-state index in [2.05, 4.69) is 34.1 Å². The van der Waals surface area contributed by atoms with Gasteiger partial charge >= 0.3 is 5.97 Å². The van der Waals surface area contributed by atoms with Crippen LogP contribution in [0.3, 0.4) is 0 Å². The third-order valence-corrected chi connectivity index (χ3v) is 5.22. The van der Waals surface area contributed by atoms with Crippen molar-refractivity contribution in [1.82, 2.24) is 9.80 Å². The van der Waals surface area contributed by atoms with Crippen LogP contribution in [0.2, 0.25) is 5.02 Å². The zero-order chi connectivity index (χ0) is 20.5. The van der Waals surface area contributed by atoms with Crippen molar-refractivity contribution in [3.05, 3.63) is 71.3 Å². The molecule has 0 aliphatic carbocycles. The molecule has 0 atom stereocenters. The number of carboxylic acid groups (broad SMARTS) is 1. The Labute approximate surface area is 201 Å². The Morgan fingerprint density at radius 1 is 0.903 bits per heavy atom. The van der Waals surface area contributed by atoms with Crippen LogP contribution in [0, 0.1) is 0 Å². The van der Waals surface area contributed by atoms with Gasteiger partial charge < -0.3 is 9.84 Å². The van der Waals surface area contributed by atoms with E-state index < -0.39 is 5.97 Å². The molecule has 0 aromatic heterocycles. The first-order valence-corrected chi connectivity index (χ1v) is 10.2. The van der Waals surface area contributed by atoms with Gasteiger partial charge in [0, 0.05) is 44.3 Å². The minimum Gasteiger partial charge on any atom is -0.480 e. The summed E-state index contributed by atoms with van der Waals surface area (Å²) in [5, 5.41) is 9.27. The molecule has 1 aliphatic rings. The Bertz CT molecular complexity index is 806. The van der Waals surface area contributed by atoms with Crippen LogP contribution in [0.1, 0.15) is 5.56 Å². The van der Waals surface area contributed by atoms with Gasteiger partial charge in [-0.2, -0.15) is 0 Å². The van der Waals surface area contributed by atoms with E-state index in [1.165, 1.54) is 16.7 Å². The first-order valence-electron chi connectivity index (χ1n) is 9.84. The van der Waals surface area contributed by atoms with Crippen molar-refractivity contribution in [1.29, 1.82) is 0 Å². The molecule has 0 saturated carbocycles. The molecule has 3 rings (SSSR count). The normalized spacial score (nSPS) is 14.7. The van der Waals surface area contributed by atoms with Gasteiger partial charge in [-0.3, -0.25) is 9.80 Å². The van der Waals surface area contributed by atoms with Crippen LogP contribution in [0.4, 0.5) is 0 Å². The highest BCUT2D eigenvalue weighted by Crippen LogP contribution is 2.22. The lowest BCUT2D eigenvalue weighted by Crippen LogP contribution is -2.45. The van der Waals surface area contributed by atoms with Gasteiger partial charge in [-0.1, -0.05) is 60.2 Å². The molecule has 0 amide bonds. The molecule has 170 valence electrons. The summed E-state index contributed by atoms with van der Waals surface area (Å²) in [6.45, 7) is 6.09. The number of halogens is 3.